The summed E-state index contributed by atoms with van der Waals surface area (Å²) in [5.41, 5.74) is 0.339. The van der Waals surface area contributed by atoms with Crippen LogP contribution in [0.5, 0.6) is 0 Å². The first-order valence-electron chi connectivity index (χ1n) is 3.95. The van der Waals surface area contributed by atoms with Gasteiger partial charge in [0.25, 0.3) is 0 Å². The molecule has 0 fully saturated rings. The minimum atomic E-state index is -0.897. The molecular weight excluding hydrogens is 142 g/mol. The standard InChI is InChI=1S/C8H15NO2/c1-2-3-4-5-7(9)6-8(10)11/h9H,2-6H2,1H3,(H,10,11). The topological polar surface area (TPSA) is 61.2 Å². The Morgan fingerprint density at radius 2 is 2.09 bits per heavy atom. The number of rotatable bonds is 6. The van der Waals surface area contributed by atoms with E-state index >= 15 is 0 Å². The summed E-state index contributed by atoms with van der Waals surface area (Å²) in [6.45, 7) is 2.08. The van der Waals surface area contributed by atoms with Gasteiger partial charge in [-0.15, -0.1) is 0 Å². The molecule has 0 saturated heterocycles. The average Bonchev–Trinajstić information content (AvgIpc) is 1.86. The maximum atomic E-state index is 10.1. The van der Waals surface area contributed by atoms with Gasteiger partial charge in [0, 0.05) is 5.71 Å². The van der Waals surface area contributed by atoms with Gasteiger partial charge in [-0.05, 0) is 12.8 Å². The smallest absolute Gasteiger partial charge is 0.309 e. The van der Waals surface area contributed by atoms with Crippen LogP contribution in [-0.2, 0) is 4.79 Å². The number of aliphatic carboxylic acids is 1. The van der Waals surface area contributed by atoms with E-state index in [9.17, 15) is 4.79 Å². The Hall–Kier alpha value is -0.860. The third kappa shape index (κ3) is 7.03. The maximum Gasteiger partial charge on any atom is 0.309 e. The van der Waals surface area contributed by atoms with Gasteiger partial charge in [0.05, 0.1) is 6.42 Å². The minimum Gasteiger partial charge on any atom is -0.481 e. The first-order chi connectivity index (χ1) is 5.16. The molecule has 0 spiro atoms. The van der Waals surface area contributed by atoms with Crippen molar-refractivity contribution in [2.24, 2.45) is 0 Å². The fourth-order valence-electron chi connectivity index (χ4n) is 0.859. The molecule has 2 N–H and O–H groups in total. The van der Waals surface area contributed by atoms with Crippen molar-refractivity contribution in [1.82, 2.24) is 0 Å². The van der Waals surface area contributed by atoms with Gasteiger partial charge in [-0.2, -0.15) is 0 Å². The molecule has 0 heterocycles. The van der Waals surface area contributed by atoms with Gasteiger partial charge in [0.15, 0.2) is 0 Å². The Labute approximate surface area is 66.9 Å². The van der Waals surface area contributed by atoms with E-state index in [1.54, 1.807) is 0 Å². The predicted molar refractivity (Wildman–Crippen MR) is 44.1 cm³/mol. The number of hydrogen-bond acceptors (Lipinski definition) is 2. The molecule has 3 heteroatoms. The molecule has 3 nitrogen and oxygen atoms in total. The first-order valence-corrected chi connectivity index (χ1v) is 3.95. The second-order valence-electron chi connectivity index (χ2n) is 2.63. The molecule has 0 aromatic rings. The van der Waals surface area contributed by atoms with E-state index < -0.39 is 5.97 Å². The normalized spacial score (nSPS) is 9.55. The molecule has 0 bridgehead atoms. The van der Waals surface area contributed by atoms with Crippen LogP contribution in [0.3, 0.4) is 0 Å². The van der Waals surface area contributed by atoms with Crippen LogP contribution in [0.2, 0.25) is 0 Å². The third-order valence-corrected chi connectivity index (χ3v) is 1.45. The van der Waals surface area contributed by atoms with Gasteiger partial charge >= 0.3 is 5.97 Å². The van der Waals surface area contributed by atoms with Crippen molar-refractivity contribution < 1.29 is 9.90 Å². The Morgan fingerprint density at radius 3 is 2.55 bits per heavy atom. The summed E-state index contributed by atoms with van der Waals surface area (Å²) >= 11 is 0. The van der Waals surface area contributed by atoms with E-state index in [0.717, 1.165) is 19.3 Å². The molecule has 0 aliphatic carbocycles. The molecule has 64 valence electrons. The van der Waals surface area contributed by atoms with Crippen LogP contribution in [0.4, 0.5) is 0 Å². The highest BCUT2D eigenvalue weighted by Gasteiger charge is 2.02. The van der Waals surface area contributed by atoms with Crippen molar-refractivity contribution in [2.75, 3.05) is 0 Å². The lowest BCUT2D eigenvalue weighted by Crippen LogP contribution is -2.05. The Balaban J connectivity index is 3.30. The summed E-state index contributed by atoms with van der Waals surface area (Å²) < 4.78 is 0. The number of carboxylic acids is 1. The molecule has 0 atom stereocenters. The molecule has 0 rings (SSSR count). The van der Waals surface area contributed by atoms with Crippen LogP contribution < -0.4 is 0 Å². The number of carbonyl (C=O) groups is 1. The van der Waals surface area contributed by atoms with Crippen LogP contribution in [0.25, 0.3) is 0 Å². The summed E-state index contributed by atoms with van der Waals surface area (Å²) in [6.07, 6.45) is 3.69. The second-order valence-corrected chi connectivity index (χ2v) is 2.63. The van der Waals surface area contributed by atoms with Gasteiger partial charge in [-0.3, -0.25) is 4.79 Å². The van der Waals surface area contributed by atoms with Gasteiger partial charge in [-0.1, -0.05) is 19.8 Å². The highest BCUT2D eigenvalue weighted by atomic mass is 16.4. The fraction of sp³-hybridized carbons (Fsp3) is 0.750. The SMILES string of the molecule is CCCCCC(=N)CC(=O)O. The molecule has 0 aromatic heterocycles. The van der Waals surface area contributed by atoms with E-state index in [2.05, 4.69) is 6.92 Å². The van der Waals surface area contributed by atoms with Crippen molar-refractivity contribution in [2.45, 2.75) is 39.0 Å². The van der Waals surface area contributed by atoms with Gasteiger partial charge in [0.1, 0.15) is 0 Å². The molecule has 0 aliphatic rings. The van der Waals surface area contributed by atoms with E-state index in [1.165, 1.54) is 0 Å². The fourth-order valence-corrected chi connectivity index (χ4v) is 0.859. The average molecular weight is 157 g/mol. The minimum absolute atomic E-state index is 0.0935. The zero-order valence-electron chi connectivity index (χ0n) is 6.89. The number of nitrogens with one attached hydrogen (secondary N) is 1. The van der Waals surface area contributed by atoms with Crippen molar-refractivity contribution in [3.63, 3.8) is 0 Å². The molecule has 0 saturated carbocycles. The van der Waals surface area contributed by atoms with Crippen LogP contribution in [0.15, 0.2) is 0 Å². The molecule has 0 aliphatic heterocycles. The van der Waals surface area contributed by atoms with E-state index in [4.69, 9.17) is 10.5 Å². The second kappa shape index (κ2) is 5.89. The summed E-state index contributed by atoms with van der Waals surface area (Å²) in [5, 5.41) is 15.5. The van der Waals surface area contributed by atoms with E-state index in [-0.39, 0.29) is 6.42 Å². The van der Waals surface area contributed by atoms with Gasteiger partial charge < -0.3 is 10.5 Å². The van der Waals surface area contributed by atoms with E-state index in [0.29, 0.717) is 12.1 Å². The Kier molecular flexibility index (Phi) is 5.43. The third-order valence-electron chi connectivity index (χ3n) is 1.45. The number of unbranched alkanes of at least 4 members (excludes halogenated alkanes) is 2. The van der Waals surface area contributed by atoms with E-state index in [1.807, 2.05) is 0 Å². The summed E-state index contributed by atoms with van der Waals surface area (Å²) in [4.78, 5) is 10.1. The van der Waals surface area contributed by atoms with Crippen molar-refractivity contribution in [1.29, 1.82) is 5.41 Å². The van der Waals surface area contributed by atoms with Crippen LogP contribution in [0.1, 0.15) is 39.0 Å². The van der Waals surface area contributed by atoms with Crippen molar-refractivity contribution in [3.8, 4) is 0 Å². The Morgan fingerprint density at radius 1 is 1.45 bits per heavy atom. The van der Waals surface area contributed by atoms with Crippen molar-refractivity contribution >= 4 is 11.7 Å². The zero-order valence-corrected chi connectivity index (χ0v) is 6.89. The largest absolute Gasteiger partial charge is 0.481 e. The quantitative estimate of drug-likeness (QED) is 0.458. The first kappa shape index (κ1) is 10.1. The van der Waals surface area contributed by atoms with Crippen molar-refractivity contribution in [3.05, 3.63) is 0 Å². The number of hydrogen-bond donors (Lipinski definition) is 2. The highest BCUT2D eigenvalue weighted by Crippen LogP contribution is 2.01. The Bertz CT molecular complexity index is 143. The molecular formula is C8H15NO2. The molecule has 0 unspecified atom stereocenters. The van der Waals surface area contributed by atoms with Crippen LogP contribution >= 0.6 is 0 Å². The van der Waals surface area contributed by atoms with Gasteiger partial charge in [-0.25, -0.2) is 0 Å². The van der Waals surface area contributed by atoms with Gasteiger partial charge in [0.2, 0.25) is 0 Å². The van der Waals surface area contributed by atoms with Crippen LogP contribution in [0, 0.1) is 5.41 Å². The predicted octanol–water partition coefficient (Wildman–Crippen LogP) is 2.06. The molecule has 0 radical (unpaired) electrons. The monoisotopic (exact) mass is 157 g/mol. The molecule has 0 aromatic carbocycles. The highest BCUT2D eigenvalue weighted by molar-refractivity contribution is 5.96. The van der Waals surface area contributed by atoms with Crippen LogP contribution in [-0.4, -0.2) is 16.8 Å². The molecule has 0 amide bonds. The summed E-state index contributed by atoms with van der Waals surface area (Å²) in [5.74, 6) is -0.897. The summed E-state index contributed by atoms with van der Waals surface area (Å²) in [7, 11) is 0. The summed E-state index contributed by atoms with van der Waals surface area (Å²) in [6, 6.07) is 0. The zero-order chi connectivity index (χ0) is 8.69. The lowest BCUT2D eigenvalue weighted by molar-refractivity contribution is -0.135. The molecule has 11 heavy (non-hydrogen) atoms. The maximum absolute atomic E-state index is 10.1. The lowest BCUT2D eigenvalue weighted by Gasteiger charge is -1.98. The number of carboxylic acid groups (broad SMARTS) is 1. The lowest BCUT2D eigenvalue weighted by atomic mass is 10.1.